The van der Waals surface area contributed by atoms with Crippen molar-refractivity contribution in [3.63, 3.8) is 0 Å². The summed E-state index contributed by atoms with van der Waals surface area (Å²) in [5.74, 6) is -0.910. The van der Waals surface area contributed by atoms with Gasteiger partial charge >= 0.3 is 0 Å². The number of hydrogen-bond donors (Lipinski definition) is 4. The molecule has 0 spiro atoms. The number of hydrogen-bond acceptors (Lipinski definition) is 4. The Bertz CT molecular complexity index is 569. The van der Waals surface area contributed by atoms with Gasteiger partial charge in [-0.15, -0.1) is 0 Å². The lowest BCUT2D eigenvalue weighted by Crippen LogP contribution is -2.01. The minimum atomic E-state index is -0.398. The SMILES string of the molecule is O=c1ccc(-c2cc(O)c(O)cc2O)c[nH]1. The molecular formula is C11H9NO4. The van der Waals surface area contributed by atoms with Crippen LogP contribution in [-0.2, 0) is 0 Å². The summed E-state index contributed by atoms with van der Waals surface area (Å²) >= 11 is 0. The van der Waals surface area contributed by atoms with Crippen molar-refractivity contribution in [1.29, 1.82) is 0 Å². The van der Waals surface area contributed by atoms with E-state index in [1.807, 2.05) is 0 Å². The smallest absolute Gasteiger partial charge is 0.247 e. The predicted octanol–water partition coefficient (Wildman–Crippen LogP) is 1.16. The van der Waals surface area contributed by atoms with Gasteiger partial charge < -0.3 is 20.3 Å². The van der Waals surface area contributed by atoms with Crippen LogP contribution in [0.5, 0.6) is 17.2 Å². The Morgan fingerprint density at radius 1 is 0.938 bits per heavy atom. The molecule has 1 aromatic carbocycles. The fourth-order valence-electron chi connectivity index (χ4n) is 1.38. The molecule has 0 unspecified atom stereocenters. The highest BCUT2D eigenvalue weighted by Gasteiger charge is 2.09. The van der Waals surface area contributed by atoms with Gasteiger partial charge in [0.05, 0.1) is 0 Å². The van der Waals surface area contributed by atoms with Gasteiger partial charge in [-0.3, -0.25) is 4.79 Å². The average Bonchev–Trinajstić information content (AvgIpc) is 2.25. The molecule has 1 aromatic heterocycles. The monoisotopic (exact) mass is 219 g/mol. The van der Waals surface area contributed by atoms with Crippen LogP contribution in [-0.4, -0.2) is 20.3 Å². The molecule has 1 heterocycles. The molecule has 0 aliphatic rings. The maximum atomic E-state index is 10.9. The highest BCUT2D eigenvalue weighted by molar-refractivity contribution is 5.72. The maximum absolute atomic E-state index is 10.9. The molecule has 0 bridgehead atoms. The van der Waals surface area contributed by atoms with Crippen molar-refractivity contribution in [3.8, 4) is 28.4 Å². The van der Waals surface area contributed by atoms with Crippen LogP contribution in [0.15, 0.2) is 35.3 Å². The van der Waals surface area contributed by atoms with Crippen LogP contribution in [0.25, 0.3) is 11.1 Å². The van der Waals surface area contributed by atoms with Gasteiger partial charge in [0, 0.05) is 29.5 Å². The number of H-pyrrole nitrogens is 1. The Hall–Kier alpha value is -2.43. The van der Waals surface area contributed by atoms with Gasteiger partial charge in [-0.1, -0.05) is 0 Å². The minimum absolute atomic E-state index is 0.178. The van der Waals surface area contributed by atoms with E-state index in [0.29, 0.717) is 11.1 Å². The summed E-state index contributed by atoms with van der Waals surface area (Å²) in [6.07, 6.45) is 1.41. The van der Waals surface area contributed by atoms with Crippen LogP contribution >= 0.6 is 0 Å². The summed E-state index contributed by atoms with van der Waals surface area (Å²) in [5.41, 5.74) is 0.602. The van der Waals surface area contributed by atoms with E-state index in [1.165, 1.54) is 24.4 Å². The summed E-state index contributed by atoms with van der Waals surface area (Å²) in [7, 11) is 0. The maximum Gasteiger partial charge on any atom is 0.247 e. The largest absolute Gasteiger partial charge is 0.507 e. The first-order valence-electron chi connectivity index (χ1n) is 4.52. The van der Waals surface area contributed by atoms with Gasteiger partial charge in [-0.2, -0.15) is 0 Å². The van der Waals surface area contributed by atoms with Gasteiger partial charge in [0.2, 0.25) is 5.56 Å². The Kier molecular flexibility index (Phi) is 2.28. The first-order valence-corrected chi connectivity index (χ1v) is 4.52. The zero-order valence-electron chi connectivity index (χ0n) is 8.14. The number of phenolic OH excluding ortho intramolecular Hbond substituents is 3. The number of aromatic nitrogens is 1. The molecule has 2 aromatic rings. The molecule has 5 heteroatoms. The second kappa shape index (κ2) is 3.62. The highest BCUT2D eigenvalue weighted by Crippen LogP contribution is 2.37. The van der Waals surface area contributed by atoms with Crippen molar-refractivity contribution in [2.24, 2.45) is 0 Å². The van der Waals surface area contributed by atoms with Gasteiger partial charge in [0.1, 0.15) is 5.75 Å². The van der Waals surface area contributed by atoms with Crippen molar-refractivity contribution < 1.29 is 15.3 Å². The van der Waals surface area contributed by atoms with E-state index in [9.17, 15) is 15.0 Å². The Morgan fingerprint density at radius 3 is 2.25 bits per heavy atom. The van der Waals surface area contributed by atoms with Crippen LogP contribution in [0.3, 0.4) is 0 Å². The van der Waals surface area contributed by atoms with E-state index >= 15 is 0 Å². The lowest BCUT2D eigenvalue weighted by Gasteiger charge is -2.06. The van der Waals surface area contributed by atoms with Crippen LogP contribution in [0.2, 0.25) is 0 Å². The third-order valence-electron chi connectivity index (χ3n) is 2.19. The van der Waals surface area contributed by atoms with Gasteiger partial charge in [-0.25, -0.2) is 0 Å². The first-order chi connectivity index (χ1) is 7.58. The summed E-state index contributed by atoms with van der Waals surface area (Å²) in [6.45, 7) is 0. The van der Waals surface area contributed by atoms with Crippen LogP contribution in [0.4, 0.5) is 0 Å². The summed E-state index contributed by atoms with van der Waals surface area (Å²) < 4.78 is 0. The molecule has 0 aliphatic heterocycles. The second-order valence-corrected chi connectivity index (χ2v) is 3.30. The standard InChI is InChI=1S/C11H9NO4/c13-8-4-10(15)9(14)3-7(8)6-1-2-11(16)12-5-6/h1-5,13-15H,(H,12,16). The molecule has 0 amide bonds. The summed E-state index contributed by atoms with van der Waals surface area (Å²) in [6, 6.07) is 5.07. The molecule has 0 saturated heterocycles. The third-order valence-corrected chi connectivity index (χ3v) is 2.19. The molecule has 16 heavy (non-hydrogen) atoms. The summed E-state index contributed by atoms with van der Waals surface area (Å²) in [5, 5.41) is 28.0. The predicted molar refractivity (Wildman–Crippen MR) is 57.5 cm³/mol. The second-order valence-electron chi connectivity index (χ2n) is 3.30. The normalized spacial score (nSPS) is 10.2. The van der Waals surface area contributed by atoms with Crippen molar-refractivity contribution in [3.05, 3.63) is 40.8 Å². The molecule has 0 radical (unpaired) electrons. The molecule has 82 valence electrons. The Morgan fingerprint density at radius 2 is 1.62 bits per heavy atom. The van der Waals surface area contributed by atoms with Gasteiger partial charge in [0.25, 0.3) is 0 Å². The van der Waals surface area contributed by atoms with Gasteiger partial charge in [0.15, 0.2) is 11.5 Å². The molecule has 2 rings (SSSR count). The Labute approximate surface area is 90.3 Å². The molecule has 0 fully saturated rings. The zero-order valence-corrected chi connectivity index (χ0v) is 8.14. The van der Waals surface area contributed by atoms with Crippen molar-refractivity contribution in [2.45, 2.75) is 0 Å². The van der Waals surface area contributed by atoms with Crippen LogP contribution in [0, 0.1) is 0 Å². The quantitative estimate of drug-likeness (QED) is 0.427. The fourth-order valence-corrected chi connectivity index (χ4v) is 1.38. The first kappa shape index (κ1) is 10.1. The van der Waals surface area contributed by atoms with Crippen molar-refractivity contribution in [2.75, 3.05) is 0 Å². The molecule has 0 aliphatic carbocycles. The van der Waals surface area contributed by atoms with Crippen molar-refractivity contribution in [1.82, 2.24) is 4.98 Å². The van der Waals surface area contributed by atoms with E-state index in [2.05, 4.69) is 4.98 Å². The number of aromatic hydroxyl groups is 3. The van der Waals surface area contributed by atoms with Crippen LogP contribution in [0.1, 0.15) is 0 Å². The highest BCUT2D eigenvalue weighted by atomic mass is 16.3. The molecule has 4 N–H and O–H groups in total. The number of rotatable bonds is 1. The summed E-state index contributed by atoms with van der Waals surface area (Å²) in [4.78, 5) is 13.3. The Balaban J connectivity index is 2.60. The van der Waals surface area contributed by atoms with E-state index in [4.69, 9.17) is 5.11 Å². The molecule has 0 saturated carbocycles. The van der Waals surface area contributed by atoms with Crippen molar-refractivity contribution >= 4 is 0 Å². The molecule has 5 nitrogen and oxygen atoms in total. The number of benzene rings is 1. The third kappa shape index (κ3) is 1.70. The fraction of sp³-hybridized carbons (Fsp3) is 0. The minimum Gasteiger partial charge on any atom is -0.507 e. The zero-order chi connectivity index (χ0) is 11.7. The van der Waals surface area contributed by atoms with E-state index in [0.717, 1.165) is 6.07 Å². The number of phenols is 3. The number of aromatic amines is 1. The topological polar surface area (TPSA) is 93.6 Å². The lowest BCUT2D eigenvalue weighted by atomic mass is 10.1. The molecular weight excluding hydrogens is 210 g/mol. The average molecular weight is 219 g/mol. The van der Waals surface area contributed by atoms with E-state index in [-0.39, 0.29) is 17.1 Å². The van der Waals surface area contributed by atoms with Gasteiger partial charge in [-0.05, 0) is 12.1 Å². The number of nitrogens with one attached hydrogen (secondary N) is 1. The number of pyridine rings is 1. The van der Waals surface area contributed by atoms with E-state index in [1.54, 1.807) is 0 Å². The van der Waals surface area contributed by atoms with Crippen LogP contribution < -0.4 is 5.56 Å². The molecule has 0 atom stereocenters. The lowest BCUT2D eigenvalue weighted by molar-refractivity contribution is 0.397. The van der Waals surface area contributed by atoms with E-state index < -0.39 is 5.75 Å².